The van der Waals surface area contributed by atoms with Crippen molar-refractivity contribution in [2.45, 2.75) is 114 Å². The van der Waals surface area contributed by atoms with Gasteiger partial charge in [-0.15, -0.1) is 0 Å². The van der Waals surface area contributed by atoms with Gasteiger partial charge in [0.05, 0.1) is 6.61 Å². The Morgan fingerprint density at radius 3 is 1.85 bits per heavy atom. The molecule has 1 saturated heterocycles. The molecule has 1 aromatic rings. The van der Waals surface area contributed by atoms with E-state index in [2.05, 4.69) is 47.9 Å². The number of rotatable bonds is 26. The maximum atomic E-state index is 14.2. The van der Waals surface area contributed by atoms with Crippen LogP contribution in [0.15, 0.2) is 24.3 Å². The van der Waals surface area contributed by atoms with Gasteiger partial charge in [0, 0.05) is 33.1 Å². The van der Waals surface area contributed by atoms with Crippen LogP contribution in [0, 0.1) is 11.3 Å². The van der Waals surface area contributed by atoms with Crippen molar-refractivity contribution in [2.24, 2.45) is 23.1 Å². The number of nitrogens with two attached hydrogens (primary N) is 3. The van der Waals surface area contributed by atoms with Crippen LogP contribution in [-0.4, -0.2) is 150 Å². The number of hydrogen-bond acceptors (Lipinski definition) is 12. The van der Waals surface area contributed by atoms with Crippen molar-refractivity contribution < 1.29 is 53.4 Å². The van der Waals surface area contributed by atoms with Gasteiger partial charge in [-0.05, 0) is 75.5 Å². The maximum Gasteiger partial charge on any atom is 0.315 e. The Kier molecular flexibility index (Phi) is 22.8. The highest BCUT2D eigenvalue weighted by Crippen LogP contribution is 2.21. The minimum atomic E-state index is -1.49. The van der Waals surface area contributed by atoms with Gasteiger partial charge in [0.1, 0.15) is 48.0 Å². The first kappa shape index (κ1) is 54.2. The van der Waals surface area contributed by atoms with Gasteiger partial charge in [0.15, 0.2) is 5.96 Å². The summed E-state index contributed by atoms with van der Waals surface area (Å²) >= 11 is 0. The molecule has 0 spiro atoms. The number of carbonyl (C=O) groups is 9. The molecule has 18 N–H and O–H groups in total. The third-order valence-electron chi connectivity index (χ3n) is 10.2. The van der Waals surface area contributed by atoms with Crippen LogP contribution in [0.3, 0.4) is 0 Å². The van der Waals surface area contributed by atoms with Gasteiger partial charge in [-0.2, -0.15) is 0 Å². The lowest BCUT2D eigenvalue weighted by Gasteiger charge is -2.31. The van der Waals surface area contributed by atoms with Gasteiger partial charge in [-0.1, -0.05) is 26.0 Å². The van der Waals surface area contributed by atoms with Gasteiger partial charge < -0.3 is 80.2 Å². The fourth-order valence-electron chi connectivity index (χ4n) is 6.75. The summed E-state index contributed by atoms with van der Waals surface area (Å²) in [5.74, 6) is -6.05. The molecule has 1 aromatic carbocycles. The maximum absolute atomic E-state index is 14.2. The summed E-state index contributed by atoms with van der Waals surface area (Å²) in [7, 11) is 1.29. The van der Waals surface area contributed by atoms with Crippen molar-refractivity contribution >= 4 is 59.4 Å². The van der Waals surface area contributed by atoms with Crippen molar-refractivity contribution in [3.8, 4) is 5.75 Å². The number of nitrogens with zero attached hydrogens (tertiary/aromatic N) is 1. The number of primary amides is 2. The Morgan fingerprint density at radius 2 is 1.28 bits per heavy atom. The summed E-state index contributed by atoms with van der Waals surface area (Å²) in [6, 6.07) is -4.77. The van der Waals surface area contributed by atoms with E-state index in [4.69, 9.17) is 22.6 Å². The average Bonchev–Trinajstić information content (AvgIpc) is 3.74. The van der Waals surface area contributed by atoms with Crippen LogP contribution in [0.5, 0.6) is 5.75 Å². The highest BCUT2D eigenvalue weighted by Gasteiger charge is 2.39. The fraction of sp³-hybridized carbons (Fsp3) is 0.600. The second kappa shape index (κ2) is 27.3. The lowest BCUT2D eigenvalue weighted by atomic mass is 10.0. The molecule has 0 saturated carbocycles. The van der Waals surface area contributed by atoms with E-state index < -0.39 is 102 Å². The van der Waals surface area contributed by atoms with Crippen LogP contribution in [-0.2, 0) is 40.0 Å². The molecule has 2 rings (SSSR count). The number of benzene rings is 1. The molecule has 65 heavy (non-hydrogen) atoms. The molecule has 11 amide bonds. The highest BCUT2D eigenvalue weighted by atomic mass is 16.3. The molecule has 362 valence electrons. The average molecular weight is 919 g/mol. The molecule has 0 unspecified atom stereocenters. The molecule has 1 aliphatic heterocycles. The van der Waals surface area contributed by atoms with Crippen molar-refractivity contribution in [1.29, 1.82) is 5.41 Å². The van der Waals surface area contributed by atoms with Crippen LogP contribution in [0.25, 0.3) is 0 Å². The quantitative estimate of drug-likeness (QED) is 0.0239. The number of hydrogen-bond donors (Lipinski definition) is 15. The number of nitrogens with one attached hydrogen (secondary N) is 10. The number of carbonyl (C=O) groups excluding carboxylic acids is 9. The molecule has 0 radical (unpaired) electrons. The Labute approximate surface area is 376 Å². The number of amides is 11. The molecular weight excluding hydrogens is 853 g/mol. The van der Waals surface area contributed by atoms with Crippen LogP contribution in [0.2, 0.25) is 0 Å². The zero-order valence-corrected chi connectivity index (χ0v) is 37.2. The topological polar surface area (TPSA) is 408 Å². The van der Waals surface area contributed by atoms with Gasteiger partial charge in [0.2, 0.25) is 41.4 Å². The van der Waals surface area contributed by atoms with Gasteiger partial charge in [0.25, 0.3) is 0 Å². The fourth-order valence-corrected chi connectivity index (χ4v) is 6.75. The molecule has 1 heterocycles. The first-order valence-corrected chi connectivity index (χ1v) is 21.3. The Hall–Kier alpha value is -6.92. The first-order chi connectivity index (χ1) is 30.7. The predicted molar refractivity (Wildman–Crippen MR) is 235 cm³/mol. The number of aromatic hydroxyl groups is 1. The molecule has 25 heteroatoms. The number of phenols is 1. The van der Waals surface area contributed by atoms with E-state index in [0.29, 0.717) is 12.0 Å². The summed E-state index contributed by atoms with van der Waals surface area (Å²) in [5.41, 5.74) is 16.4. The van der Waals surface area contributed by atoms with Crippen molar-refractivity contribution in [2.75, 3.05) is 33.3 Å². The second-order valence-corrected chi connectivity index (χ2v) is 15.9. The van der Waals surface area contributed by atoms with Crippen molar-refractivity contribution in [3.63, 3.8) is 0 Å². The second-order valence-electron chi connectivity index (χ2n) is 15.9. The Bertz CT molecular complexity index is 1830. The molecule has 0 bridgehead atoms. The smallest absolute Gasteiger partial charge is 0.315 e. The first-order valence-electron chi connectivity index (χ1n) is 21.3. The van der Waals surface area contributed by atoms with Gasteiger partial charge >= 0.3 is 12.1 Å². The summed E-state index contributed by atoms with van der Waals surface area (Å²) in [4.78, 5) is 119. The summed E-state index contributed by atoms with van der Waals surface area (Å²) in [5, 5.41) is 49.7. The van der Waals surface area contributed by atoms with Gasteiger partial charge in [-0.25, -0.2) is 9.59 Å². The highest BCUT2D eigenvalue weighted by molar-refractivity contribution is 5.97. The lowest BCUT2D eigenvalue weighted by Crippen LogP contribution is -2.60. The molecule has 7 atom stereocenters. The summed E-state index contributed by atoms with van der Waals surface area (Å²) < 4.78 is 0. The Balaban J connectivity index is 2.46. The van der Waals surface area contributed by atoms with E-state index in [9.17, 15) is 53.4 Å². The van der Waals surface area contributed by atoms with Crippen LogP contribution in [0.1, 0.15) is 71.3 Å². The third kappa shape index (κ3) is 19.2. The largest absolute Gasteiger partial charge is 0.508 e. The predicted octanol–water partition coefficient (Wildman–Crippen LogP) is -4.10. The standard InChI is InChI=1S/C40H66N14O11/c1-21(2)18-27(33(59)50-26(9-6-15-46-38(42)43)37(63)54-17-7-10-30(54)36(62)48-22(3)31(41)57)51-32(58)25(8-5-16-47-39(44)64)49-34(60)28(19-23-11-13-24(56)14-12-23)52-35(61)29(20-55)53-40(65)45-4/h11-14,21-22,25-30,55-56H,5-10,15-20H2,1-4H3,(H2,41,57)(H,48,62)(H,49,60)(H,50,59)(H,51,58)(H,52,61)(H4,42,43,46)(H3,44,47,64)(H2,45,53,65)/t22-,25-,26+,27+,28+,29+,30+/m1/s1. The van der Waals surface area contributed by atoms with E-state index in [0.717, 1.165) is 0 Å². The van der Waals surface area contributed by atoms with E-state index in [1.807, 2.05) is 0 Å². The summed E-state index contributed by atoms with van der Waals surface area (Å²) in [6.07, 6.45) is 0.807. The van der Waals surface area contributed by atoms with Gasteiger partial charge in [-0.3, -0.25) is 39.0 Å². The zero-order valence-electron chi connectivity index (χ0n) is 37.2. The molecule has 1 aliphatic rings. The number of aliphatic hydroxyl groups excluding tert-OH is 1. The lowest BCUT2D eigenvalue weighted by molar-refractivity contribution is -0.142. The van der Waals surface area contributed by atoms with E-state index in [1.165, 1.54) is 43.1 Å². The minimum absolute atomic E-state index is 0.0128. The minimum Gasteiger partial charge on any atom is -0.508 e. The van der Waals surface area contributed by atoms with E-state index >= 15 is 0 Å². The number of guanidine groups is 1. The number of phenolic OH excluding ortho intramolecular Hbond substituents is 1. The molecule has 25 nitrogen and oxygen atoms in total. The Morgan fingerprint density at radius 1 is 0.738 bits per heavy atom. The van der Waals surface area contributed by atoms with Crippen LogP contribution in [0.4, 0.5) is 9.59 Å². The molecule has 1 fully saturated rings. The monoisotopic (exact) mass is 919 g/mol. The van der Waals surface area contributed by atoms with Crippen LogP contribution < -0.4 is 65.1 Å². The number of aliphatic hydroxyl groups is 1. The third-order valence-corrected chi connectivity index (χ3v) is 10.2. The molecular formula is C40H66N14O11. The van der Waals surface area contributed by atoms with E-state index in [-0.39, 0.29) is 82.2 Å². The van der Waals surface area contributed by atoms with Crippen molar-refractivity contribution in [3.05, 3.63) is 29.8 Å². The summed E-state index contributed by atoms with van der Waals surface area (Å²) in [6.45, 7) is 4.45. The zero-order chi connectivity index (χ0) is 48.8. The normalized spacial score (nSPS) is 16.0. The number of likely N-dealkylation sites (tertiary alicyclic amines) is 1. The molecule has 0 aliphatic carbocycles. The van der Waals surface area contributed by atoms with Crippen molar-refractivity contribution in [1.82, 2.24) is 52.8 Å². The molecule has 0 aromatic heterocycles. The number of urea groups is 2. The van der Waals surface area contributed by atoms with Crippen LogP contribution >= 0.6 is 0 Å². The van der Waals surface area contributed by atoms with E-state index in [1.54, 1.807) is 13.8 Å². The SMILES string of the molecule is CNC(=O)N[C@@H](CO)C(=O)N[C@@H](Cc1ccc(O)cc1)C(=O)N[C@H](CCCNC(N)=O)C(=O)N[C@@H](CC(C)C)C(=O)N[C@@H](CCCNC(=N)N)C(=O)N1CCC[C@H]1C(=O)N[C@H](C)C(N)=O.